The number of rotatable bonds is 6. The summed E-state index contributed by atoms with van der Waals surface area (Å²) in [5.41, 5.74) is 2.06. The van der Waals surface area contributed by atoms with Crippen molar-refractivity contribution >= 4 is 5.97 Å². The van der Waals surface area contributed by atoms with E-state index in [1.165, 1.54) is 7.11 Å². The van der Waals surface area contributed by atoms with Gasteiger partial charge in [0, 0.05) is 0 Å². The van der Waals surface area contributed by atoms with Gasteiger partial charge in [-0.1, -0.05) is 23.4 Å². The largest absolute Gasteiger partial charge is 0.493 e. The van der Waals surface area contributed by atoms with E-state index in [9.17, 15) is 4.79 Å². The Morgan fingerprint density at radius 2 is 1.85 bits per heavy atom. The van der Waals surface area contributed by atoms with Crippen LogP contribution in [0.25, 0.3) is 0 Å². The fraction of sp³-hybridized carbons (Fsp3) is 0.200. The van der Waals surface area contributed by atoms with Gasteiger partial charge in [0.05, 0.1) is 23.9 Å². The molecule has 3 rings (SSSR count). The number of para-hydroxylation sites is 2. The molecule has 0 saturated carbocycles. The van der Waals surface area contributed by atoms with Crippen LogP contribution in [0.1, 0.15) is 27.4 Å². The quantitative estimate of drug-likeness (QED) is 0.491. The van der Waals surface area contributed by atoms with Crippen LogP contribution >= 0.6 is 0 Å². The number of hydrogen-bond acceptors (Lipinski definition) is 6. The monoisotopic (exact) mass is 353 g/mol. The third-order valence-electron chi connectivity index (χ3n) is 3.91. The number of methoxy groups -OCH3 is 1. The number of carbonyl (C=O) groups excluding carboxylic acids is 1. The summed E-state index contributed by atoms with van der Waals surface area (Å²) >= 11 is 0. The first-order chi connectivity index (χ1) is 12.6. The molecule has 134 valence electrons. The van der Waals surface area contributed by atoms with Crippen LogP contribution in [0.15, 0.2) is 53.1 Å². The van der Waals surface area contributed by atoms with E-state index in [-0.39, 0.29) is 0 Å². The molecule has 0 amide bonds. The molecule has 26 heavy (non-hydrogen) atoms. The van der Waals surface area contributed by atoms with Crippen molar-refractivity contribution in [3.8, 4) is 17.2 Å². The standard InChI is InChI=1S/C20H19NO5/c1-13-17(14(2)26-21-13)12-24-16-8-6-7-15(11-16)20(22)25-19-10-5-4-9-18(19)23-3/h4-11H,12H2,1-3H3. The molecule has 0 aliphatic carbocycles. The van der Waals surface area contributed by atoms with Gasteiger partial charge < -0.3 is 18.7 Å². The topological polar surface area (TPSA) is 70.8 Å². The molecule has 0 bridgehead atoms. The van der Waals surface area contributed by atoms with Crippen LogP contribution in [0.2, 0.25) is 0 Å². The van der Waals surface area contributed by atoms with E-state index >= 15 is 0 Å². The van der Waals surface area contributed by atoms with Crippen LogP contribution in [0, 0.1) is 13.8 Å². The number of nitrogens with zero attached hydrogens (tertiary/aromatic N) is 1. The van der Waals surface area contributed by atoms with Crippen LogP contribution < -0.4 is 14.2 Å². The highest BCUT2D eigenvalue weighted by atomic mass is 16.6. The van der Waals surface area contributed by atoms with Crippen molar-refractivity contribution in [1.29, 1.82) is 0 Å². The Morgan fingerprint density at radius 3 is 2.54 bits per heavy atom. The van der Waals surface area contributed by atoms with E-state index < -0.39 is 5.97 Å². The summed E-state index contributed by atoms with van der Waals surface area (Å²) in [5.74, 6) is 1.64. The maximum absolute atomic E-state index is 12.4. The molecule has 0 atom stereocenters. The third kappa shape index (κ3) is 3.85. The van der Waals surface area contributed by atoms with E-state index in [0.717, 1.165) is 11.3 Å². The van der Waals surface area contributed by atoms with E-state index in [0.29, 0.717) is 35.2 Å². The number of carbonyl (C=O) groups is 1. The van der Waals surface area contributed by atoms with Crippen LogP contribution in [-0.4, -0.2) is 18.2 Å². The highest BCUT2D eigenvalue weighted by molar-refractivity contribution is 5.91. The van der Waals surface area contributed by atoms with Crippen molar-refractivity contribution in [3.05, 3.63) is 71.1 Å². The summed E-state index contributed by atoms with van der Waals surface area (Å²) in [7, 11) is 1.52. The molecule has 1 heterocycles. The first-order valence-corrected chi connectivity index (χ1v) is 8.08. The summed E-state index contributed by atoms with van der Waals surface area (Å²) in [4.78, 5) is 12.4. The van der Waals surface area contributed by atoms with Gasteiger partial charge in [-0.05, 0) is 44.2 Å². The van der Waals surface area contributed by atoms with Crippen molar-refractivity contribution in [1.82, 2.24) is 5.16 Å². The maximum Gasteiger partial charge on any atom is 0.343 e. The summed E-state index contributed by atoms with van der Waals surface area (Å²) in [5, 5.41) is 3.90. The fourth-order valence-corrected chi connectivity index (χ4v) is 2.44. The number of ether oxygens (including phenoxy) is 3. The van der Waals surface area contributed by atoms with Gasteiger partial charge in [0.25, 0.3) is 0 Å². The second-order valence-corrected chi connectivity index (χ2v) is 5.66. The molecule has 6 nitrogen and oxygen atoms in total. The van der Waals surface area contributed by atoms with Gasteiger partial charge in [0.15, 0.2) is 11.5 Å². The molecule has 6 heteroatoms. The fourth-order valence-electron chi connectivity index (χ4n) is 2.44. The first kappa shape index (κ1) is 17.5. The Labute approximate surface area is 151 Å². The van der Waals surface area contributed by atoms with Gasteiger partial charge in [-0.3, -0.25) is 0 Å². The third-order valence-corrected chi connectivity index (χ3v) is 3.91. The van der Waals surface area contributed by atoms with Gasteiger partial charge in [-0.2, -0.15) is 0 Å². The molecule has 3 aromatic rings. The molecule has 2 aromatic carbocycles. The van der Waals surface area contributed by atoms with Crippen molar-refractivity contribution in [2.45, 2.75) is 20.5 Å². The summed E-state index contributed by atoms with van der Waals surface area (Å²) in [6.45, 7) is 4.00. The second-order valence-electron chi connectivity index (χ2n) is 5.66. The average molecular weight is 353 g/mol. The van der Waals surface area contributed by atoms with Crippen LogP contribution in [0.5, 0.6) is 17.2 Å². The van der Waals surface area contributed by atoms with Gasteiger partial charge in [-0.25, -0.2) is 4.79 Å². The van der Waals surface area contributed by atoms with Gasteiger partial charge in [0.1, 0.15) is 18.1 Å². The molecular weight excluding hydrogens is 334 g/mol. The van der Waals surface area contributed by atoms with E-state index in [1.54, 1.807) is 48.5 Å². The molecular formula is C20H19NO5. The number of benzene rings is 2. The average Bonchev–Trinajstić information content (AvgIpc) is 2.98. The lowest BCUT2D eigenvalue weighted by molar-refractivity contribution is 0.0729. The molecule has 0 fully saturated rings. The highest BCUT2D eigenvalue weighted by Gasteiger charge is 2.14. The zero-order chi connectivity index (χ0) is 18.5. The van der Waals surface area contributed by atoms with Crippen LogP contribution in [0.3, 0.4) is 0 Å². The van der Waals surface area contributed by atoms with E-state index in [4.69, 9.17) is 18.7 Å². The molecule has 0 aliphatic rings. The van der Waals surface area contributed by atoms with Crippen molar-refractivity contribution in [2.24, 2.45) is 0 Å². The molecule has 0 unspecified atom stereocenters. The van der Waals surface area contributed by atoms with Gasteiger partial charge in [-0.15, -0.1) is 0 Å². The van der Waals surface area contributed by atoms with E-state index in [1.807, 2.05) is 13.8 Å². The van der Waals surface area contributed by atoms with Crippen molar-refractivity contribution < 1.29 is 23.5 Å². The number of aromatic nitrogens is 1. The Hall–Kier alpha value is -3.28. The summed E-state index contributed by atoms with van der Waals surface area (Å²) < 4.78 is 21.5. The lowest BCUT2D eigenvalue weighted by Gasteiger charge is -2.10. The van der Waals surface area contributed by atoms with Crippen molar-refractivity contribution in [2.75, 3.05) is 7.11 Å². The zero-order valence-corrected chi connectivity index (χ0v) is 14.8. The Balaban J connectivity index is 1.71. The normalized spacial score (nSPS) is 10.4. The van der Waals surface area contributed by atoms with Gasteiger partial charge >= 0.3 is 5.97 Å². The molecule has 0 aliphatic heterocycles. The minimum absolute atomic E-state index is 0.312. The van der Waals surface area contributed by atoms with Crippen LogP contribution in [-0.2, 0) is 6.61 Å². The predicted octanol–water partition coefficient (Wildman–Crippen LogP) is 4.10. The van der Waals surface area contributed by atoms with Gasteiger partial charge in [0.2, 0.25) is 0 Å². The zero-order valence-electron chi connectivity index (χ0n) is 14.8. The number of hydrogen-bond donors (Lipinski definition) is 0. The first-order valence-electron chi connectivity index (χ1n) is 8.08. The minimum atomic E-state index is -0.489. The van der Waals surface area contributed by atoms with Crippen LogP contribution in [0.4, 0.5) is 0 Å². The second kappa shape index (κ2) is 7.74. The Kier molecular flexibility index (Phi) is 5.22. The Morgan fingerprint density at radius 1 is 1.08 bits per heavy atom. The maximum atomic E-state index is 12.4. The summed E-state index contributed by atoms with van der Waals surface area (Å²) in [6.07, 6.45) is 0. The molecule has 0 spiro atoms. The Bertz CT molecular complexity index is 897. The number of aryl methyl sites for hydroxylation is 2. The lowest BCUT2D eigenvalue weighted by Crippen LogP contribution is -2.09. The lowest BCUT2D eigenvalue weighted by atomic mass is 10.2. The van der Waals surface area contributed by atoms with Crippen molar-refractivity contribution in [3.63, 3.8) is 0 Å². The molecule has 0 N–H and O–H groups in total. The smallest absolute Gasteiger partial charge is 0.343 e. The SMILES string of the molecule is COc1ccccc1OC(=O)c1cccc(OCc2c(C)noc2C)c1. The van der Waals surface area contributed by atoms with E-state index in [2.05, 4.69) is 5.16 Å². The predicted molar refractivity (Wildman–Crippen MR) is 94.7 cm³/mol. The number of esters is 1. The molecule has 0 radical (unpaired) electrons. The highest BCUT2D eigenvalue weighted by Crippen LogP contribution is 2.27. The molecule has 1 aromatic heterocycles. The minimum Gasteiger partial charge on any atom is -0.493 e. The summed E-state index contributed by atoms with van der Waals surface area (Å²) in [6, 6.07) is 13.8. The molecule has 0 saturated heterocycles.